The Labute approximate surface area is 132 Å². The van der Waals surface area contributed by atoms with Crippen molar-refractivity contribution in [1.29, 1.82) is 0 Å². The van der Waals surface area contributed by atoms with E-state index in [1.54, 1.807) is 12.3 Å². The molecule has 1 aliphatic rings. The number of hydrogen-bond acceptors (Lipinski definition) is 4. The number of para-hydroxylation sites is 1. The molecule has 1 saturated heterocycles. The molecule has 1 aromatic carbocycles. The maximum Gasteiger partial charge on any atom is 0.158 e. The summed E-state index contributed by atoms with van der Waals surface area (Å²) in [5, 5.41) is 0.774. The molecule has 118 valence electrons. The highest BCUT2D eigenvalue weighted by atomic mass is 19.1. The predicted octanol–water partition coefficient (Wildman–Crippen LogP) is 2.65. The molecular weight excluding hydrogens is 297 g/mol. The Morgan fingerprint density at radius 2 is 2.17 bits per heavy atom. The van der Waals surface area contributed by atoms with Gasteiger partial charge in [-0.05, 0) is 12.1 Å². The van der Waals surface area contributed by atoms with Crippen LogP contribution in [0.2, 0.25) is 0 Å². The van der Waals surface area contributed by atoms with Gasteiger partial charge in [-0.1, -0.05) is 18.2 Å². The molecule has 5 nitrogen and oxygen atoms in total. The smallest absolute Gasteiger partial charge is 0.158 e. The first kappa shape index (κ1) is 14.3. The molecule has 2 aromatic heterocycles. The molecule has 0 amide bonds. The maximum absolute atomic E-state index is 14.0. The molecule has 0 spiro atoms. The van der Waals surface area contributed by atoms with Crippen LogP contribution < -0.4 is 0 Å². The molecule has 1 fully saturated rings. The van der Waals surface area contributed by atoms with Crippen molar-refractivity contribution in [2.45, 2.75) is 12.6 Å². The molecule has 3 heterocycles. The van der Waals surface area contributed by atoms with Crippen molar-refractivity contribution in [2.75, 3.05) is 19.8 Å². The topological polar surface area (TPSA) is 49.2 Å². The Hall–Kier alpha value is -2.31. The number of imidazole rings is 1. The zero-order chi connectivity index (χ0) is 15.6. The summed E-state index contributed by atoms with van der Waals surface area (Å²) in [6, 6.07) is 8.66. The van der Waals surface area contributed by atoms with Gasteiger partial charge in [-0.25, -0.2) is 14.4 Å². The average molecular weight is 313 g/mol. The van der Waals surface area contributed by atoms with Crippen LogP contribution in [0.15, 0.2) is 42.7 Å². The quantitative estimate of drug-likeness (QED) is 0.746. The zero-order valence-corrected chi connectivity index (χ0v) is 12.5. The van der Waals surface area contributed by atoms with Crippen molar-refractivity contribution in [3.8, 4) is 11.5 Å². The van der Waals surface area contributed by atoms with E-state index < -0.39 is 0 Å². The molecule has 0 radical (unpaired) electrons. The lowest BCUT2D eigenvalue weighted by molar-refractivity contribution is -0.0934. The summed E-state index contributed by atoms with van der Waals surface area (Å²) >= 11 is 0. The Kier molecular flexibility index (Phi) is 3.77. The van der Waals surface area contributed by atoms with E-state index in [9.17, 15) is 4.39 Å². The molecule has 0 aliphatic carbocycles. The van der Waals surface area contributed by atoms with E-state index in [1.807, 2.05) is 29.0 Å². The predicted molar refractivity (Wildman–Crippen MR) is 83.5 cm³/mol. The second-order valence-corrected chi connectivity index (χ2v) is 5.48. The average Bonchev–Trinajstić information content (AvgIpc) is 3.04. The lowest BCUT2D eigenvalue weighted by Crippen LogP contribution is -2.32. The third-order valence-corrected chi connectivity index (χ3v) is 3.90. The van der Waals surface area contributed by atoms with Gasteiger partial charge < -0.3 is 14.0 Å². The second kappa shape index (κ2) is 6.06. The number of aromatic nitrogens is 3. The van der Waals surface area contributed by atoms with E-state index in [1.165, 1.54) is 6.07 Å². The number of fused-ring (bicyclic) bond motifs is 1. The highest BCUT2D eigenvalue weighted by molar-refractivity contribution is 5.81. The first-order chi connectivity index (χ1) is 11.3. The van der Waals surface area contributed by atoms with Crippen molar-refractivity contribution in [3.05, 3.63) is 48.5 Å². The first-order valence-corrected chi connectivity index (χ1v) is 7.57. The third kappa shape index (κ3) is 2.83. The Balaban J connectivity index is 1.68. The lowest BCUT2D eigenvalue weighted by Gasteiger charge is -2.23. The SMILES string of the molecule is Fc1cccc2ccc(-c3nccn3CC3COCCO3)nc12. The summed E-state index contributed by atoms with van der Waals surface area (Å²) in [6.45, 7) is 2.44. The highest BCUT2D eigenvalue weighted by Gasteiger charge is 2.17. The summed E-state index contributed by atoms with van der Waals surface area (Å²) in [5.74, 6) is 0.371. The van der Waals surface area contributed by atoms with Crippen molar-refractivity contribution in [2.24, 2.45) is 0 Å². The van der Waals surface area contributed by atoms with Gasteiger partial charge >= 0.3 is 0 Å². The number of nitrogens with zero attached hydrogens (tertiary/aromatic N) is 3. The van der Waals surface area contributed by atoms with E-state index in [-0.39, 0.29) is 11.9 Å². The number of benzene rings is 1. The monoisotopic (exact) mass is 313 g/mol. The summed E-state index contributed by atoms with van der Waals surface area (Å²) < 4.78 is 27.0. The van der Waals surface area contributed by atoms with Gasteiger partial charge in [-0.2, -0.15) is 0 Å². The molecule has 3 aromatic rings. The van der Waals surface area contributed by atoms with Crippen molar-refractivity contribution >= 4 is 10.9 Å². The van der Waals surface area contributed by atoms with Crippen LogP contribution in [0.5, 0.6) is 0 Å². The molecular formula is C17H16FN3O2. The fourth-order valence-corrected chi connectivity index (χ4v) is 2.79. The molecule has 1 atom stereocenters. The lowest BCUT2D eigenvalue weighted by atomic mass is 10.2. The van der Waals surface area contributed by atoms with Gasteiger partial charge in [0.25, 0.3) is 0 Å². The Morgan fingerprint density at radius 3 is 3.04 bits per heavy atom. The molecule has 4 rings (SSSR count). The summed E-state index contributed by atoms with van der Waals surface area (Å²) in [5.41, 5.74) is 1.00. The largest absolute Gasteiger partial charge is 0.376 e. The van der Waals surface area contributed by atoms with Gasteiger partial charge in [0.15, 0.2) is 5.82 Å². The minimum absolute atomic E-state index is 0.00566. The maximum atomic E-state index is 14.0. The number of rotatable bonds is 3. The molecule has 1 unspecified atom stereocenters. The van der Waals surface area contributed by atoms with Crippen LogP contribution in [0, 0.1) is 5.82 Å². The first-order valence-electron chi connectivity index (χ1n) is 7.57. The molecule has 0 N–H and O–H groups in total. The molecule has 1 aliphatic heterocycles. The molecule has 0 saturated carbocycles. The highest BCUT2D eigenvalue weighted by Crippen LogP contribution is 2.22. The number of pyridine rings is 1. The van der Waals surface area contributed by atoms with Crippen LogP contribution in [0.4, 0.5) is 4.39 Å². The number of ether oxygens (including phenoxy) is 2. The van der Waals surface area contributed by atoms with Gasteiger partial charge in [-0.3, -0.25) is 0 Å². The van der Waals surface area contributed by atoms with E-state index in [4.69, 9.17) is 9.47 Å². The summed E-state index contributed by atoms with van der Waals surface area (Å²) in [6.07, 6.45) is 3.58. The van der Waals surface area contributed by atoms with Crippen molar-refractivity contribution in [1.82, 2.24) is 14.5 Å². The molecule has 0 bridgehead atoms. The van der Waals surface area contributed by atoms with Gasteiger partial charge in [0.05, 0.1) is 32.5 Å². The van der Waals surface area contributed by atoms with Crippen molar-refractivity contribution < 1.29 is 13.9 Å². The Bertz CT molecular complexity index is 828. The van der Waals surface area contributed by atoms with Crippen LogP contribution in [0.3, 0.4) is 0 Å². The number of halogens is 1. The van der Waals surface area contributed by atoms with Crippen LogP contribution >= 0.6 is 0 Å². The second-order valence-electron chi connectivity index (χ2n) is 5.48. The normalized spacial score (nSPS) is 18.4. The van der Waals surface area contributed by atoms with E-state index >= 15 is 0 Å². The van der Waals surface area contributed by atoms with Crippen LogP contribution in [0.1, 0.15) is 0 Å². The minimum atomic E-state index is -0.327. The van der Waals surface area contributed by atoms with Crippen LogP contribution in [-0.2, 0) is 16.0 Å². The minimum Gasteiger partial charge on any atom is -0.376 e. The molecule has 23 heavy (non-hydrogen) atoms. The van der Waals surface area contributed by atoms with E-state index in [0.717, 1.165) is 5.39 Å². The van der Waals surface area contributed by atoms with E-state index in [2.05, 4.69) is 9.97 Å². The van der Waals surface area contributed by atoms with Crippen LogP contribution in [0.25, 0.3) is 22.4 Å². The summed E-state index contributed by atoms with van der Waals surface area (Å²) in [7, 11) is 0. The van der Waals surface area contributed by atoms with Crippen molar-refractivity contribution in [3.63, 3.8) is 0 Å². The summed E-state index contributed by atoms with van der Waals surface area (Å²) in [4.78, 5) is 8.81. The van der Waals surface area contributed by atoms with Gasteiger partial charge in [0, 0.05) is 17.8 Å². The molecule has 6 heteroatoms. The fraction of sp³-hybridized carbons (Fsp3) is 0.294. The third-order valence-electron chi connectivity index (χ3n) is 3.90. The zero-order valence-electron chi connectivity index (χ0n) is 12.5. The Morgan fingerprint density at radius 1 is 1.22 bits per heavy atom. The van der Waals surface area contributed by atoms with Gasteiger partial charge in [-0.15, -0.1) is 0 Å². The standard InChI is InChI=1S/C17H16FN3O2/c18-14-3-1-2-12-4-5-15(20-16(12)14)17-19-6-7-21(17)10-13-11-22-8-9-23-13/h1-7,13H,8-11H2. The van der Waals surface area contributed by atoms with Gasteiger partial charge in [0.1, 0.15) is 17.0 Å². The van der Waals surface area contributed by atoms with Gasteiger partial charge in [0.2, 0.25) is 0 Å². The van der Waals surface area contributed by atoms with Crippen LogP contribution in [-0.4, -0.2) is 40.5 Å². The number of hydrogen-bond donors (Lipinski definition) is 0. The van der Waals surface area contributed by atoms with E-state index in [0.29, 0.717) is 43.4 Å². The fourth-order valence-electron chi connectivity index (χ4n) is 2.79.